The Morgan fingerprint density at radius 3 is 2.23 bits per heavy atom. The molecule has 0 aliphatic rings. The lowest BCUT2D eigenvalue weighted by molar-refractivity contribution is -0.148. The van der Waals surface area contributed by atoms with Crippen LogP contribution >= 0.6 is 0 Å². The summed E-state index contributed by atoms with van der Waals surface area (Å²) in [6.45, 7) is 7.24. The molecule has 1 heterocycles. The highest BCUT2D eigenvalue weighted by molar-refractivity contribution is 6.71. The van der Waals surface area contributed by atoms with Gasteiger partial charge in [0.05, 0.1) is 11.7 Å². The Morgan fingerprint density at radius 2 is 1.68 bits per heavy atom. The molecule has 0 bridgehead atoms. The molecule has 0 saturated carbocycles. The first-order valence-corrected chi connectivity index (χ1v) is 15.5. The van der Waals surface area contributed by atoms with E-state index < -0.39 is 56.2 Å². The summed E-state index contributed by atoms with van der Waals surface area (Å²) in [6.07, 6.45) is -2.92. The molecule has 7 nitrogen and oxygen atoms in total. The second kappa shape index (κ2) is 11.8. The highest BCUT2D eigenvalue weighted by Gasteiger charge is 2.46. The number of rotatable bonds is 12. The van der Waals surface area contributed by atoms with Gasteiger partial charge in [-0.1, -0.05) is 6.07 Å². The van der Waals surface area contributed by atoms with Crippen LogP contribution in [0, 0.1) is 11.6 Å². The van der Waals surface area contributed by atoms with Gasteiger partial charge in [-0.25, -0.2) is 31.6 Å². The topological polar surface area (TPSA) is 78.5 Å². The molecular formula is C26H31F6N3O4Si. The number of alkyl halides is 4. The summed E-state index contributed by atoms with van der Waals surface area (Å²) in [6, 6.07) is 6.65. The molecular weight excluding hydrogens is 560 g/mol. The molecule has 3 rings (SSSR count). The zero-order valence-electron chi connectivity index (χ0n) is 22.5. The van der Waals surface area contributed by atoms with Crippen LogP contribution in [-0.4, -0.2) is 52.8 Å². The van der Waals surface area contributed by atoms with Crippen molar-refractivity contribution < 1.29 is 40.6 Å². The summed E-state index contributed by atoms with van der Waals surface area (Å²) >= 11 is 0. The minimum atomic E-state index is -4.33. The summed E-state index contributed by atoms with van der Waals surface area (Å²) in [5.74, 6) is -6.29. The van der Waals surface area contributed by atoms with Crippen molar-refractivity contribution in [3.05, 3.63) is 76.5 Å². The molecule has 0 aliphatic heterocycles. The number of nitrogens with zero attached hydrogens (tertiary/aromatic N) is 3. The first-order valence-electron chi connectivity index (χ1n) is 12.4. The van der Waals surface area contributed by atoms with Crippen LogP contribution in [0.5, 0.6) is 5.75 Å². The molecule has 0 spiro atoms. The van der Waals surface area contributed by atoms with Crippen LogP contribution in [-0.2, 0) is 10.0 Å². The summed E-state index contributed by atoms with van der Waals surface area (Å²) in [4.78, 5) is 13.4. The molecule has 0 radical (unpaired) electrons. The van der Waals surface area contributed by atoms with E-state index in [1.807, 2.05) is 26.9 Å². The van der Waals surface area contributed by atoms with Crippen molar-refractivity contribution in [1.82, 2.24) is 14.3 Å². The second-order valence-electron chi connectivity index (χ2n) is 10.4. The molecule has 220 valence electrons. The van der Waals surface area contributed by atoms with Crippen molar-refractivity contribution in [2.75, 3.05) is 6.61 Å². The van der Waals surface area contributed by atoms with E-state index in [4.69, 9.17) is 9.16 Å². The van der Waals surface area contributed by atoms with Crippen molar-refractivity contribution in [2.45, 2.75) is 70.0 Å². The minimum absolute atomic E-state index is 0.0590. The molecule has 40 heavy (non-hydrogen) atoms. The fourth-order valence-electron chi connectivity index (χ4n) is 4.54. The maximum Gasteiger partial charge on any atom is 0.350 e. The van der Waals surface area contributed by atoms with Crippen molar-refractivity contribution in [3.8, 4) is 11.4 Å². The van der Waals surface area contributed by atoms with Gasteiger partial charge in [-0.15, -0.1) is 0 Å². The number of aromatic nitrogens is 3. The minimum Gasteiger partial charge on any atom is -0.487 e. The molecule has 0 unspecified atom stereocenters. The quantitative estimate of drug-likeness (QED) is 0.217. The van der Waals surface area contributed by atoms with Gasteiger partial charge in [0.1, 0.15) is 29.3 Å². The van der Waals surface area contributed by atoms with Crippen molar-refractivity contribution in [2.24, 2.45) is 0 Å². The monoisotopic (exact) mass is 591 g/mol. The highest BCUT2D eigenvalue weighted by atomic mass is 28.4. The number of benzene rings is 2. The normalized spacial score (nSPS) is 14.9. The number of hydrogen-bond donors (Lipinski definition) is 1. The Bertz CT molecular complexity index is 1360. The third kappa shape index (κ3) is 6.96. The van der Waals surface area contributed by atoms with E-state index in [0.29, 0.717) is 6.07 Å². The van der Waals surface area contributed by atoms with Crippen LogP contribution in [0.4, 0.5) is 26.3 Å². The number of hydrogen-bond acceptors (Lipinski definition) is 5. The van der Waals surface area contributed by atoms with Gasteiger partial charge in [0.25, 0.3) is 0 Å². The SMILES string of the molecule is CC(C)O[Si](C)(C)C[C@@](O)(c1ccc(F)cc1F)[C@@H](C)n1ncn(-c2ccc(OCC(F)(F)C(F)F)cc2)c1=O. The lowest BCUT2D eigenvalue weighted by Gasteiger charge is -2.40. The first kappa shape index (κ1) is 31.4. The standard InChI is InChI=1S/C26H31F6N3O4Si/c1-16(2)39-40(4,5)14-25(37,21-11-6-18(27)12-22(21)28)17(3)35-24(36)34(15-33-35)19-7-9-20(10-8-19)38-13-26(31,32)23(29)30/h6-12,15-17,23,37H,13-14H2,1-5H3/t17-,25+/m1/s1. The predicted octanol–water partition coefficient (Wildman–Crippen LogP) is 5.67. The van der Waals surface area contributed by atoms with Gasteiger partial charge < -0.3 is 14.3 Å². The van der Waals surface area contributed by atoms with Crippen LogP contribution in [0.15, 0.2) is 53.6 Å². The van der Waals surface area contributed by atoms with E-state index >= 15 is 4.39 Å². The zero-order chi connectivity index (χ0) is 30.0. The van der Waals surface area contributed by atoms with Crippen LogP contribution in [0.25, 0.3) is 5.69 Å². The van der Waals surface area contributed by atoms with Crippen LogP contribution in [0.3, 0.4) is 0 Å². The van der Waals surface area contributed by atoms with Crippen molar-refractivity contribution in [3.63, 3.8) is 0 Å². The molecule has 3 aromatic rings. The van der Waals surface area contributed by atoms with Gasteiger partial charge in [-0.3, -0.25) is 0 Å². The van der Waals surface area contributed by atoms with Crippen LogP contribution in [0.2, 0.25) is 19.1 Å². The average molecular weight is 592 g/mol. The zero-order valence-corrected chi connectivity index (χ0v) is 23.5. The Hall–Kier alpha value is -3.10. The molecule has 1 aromatic heterocycles. The number of ether oxygens (including phenoxy) is 1. The average Bonchev–Trinajstić information content (AvgIpc) is 3.22. The molecule has 1 N–H and O–H groups in total. The fourth-order valence-corrected chi connectivity index (χ4v) is 7.69. The summed E-state index contributed by atoms with van der Waals surface area (Å²) < 4.78 is 92.5. The van der Waals surface area contributed by atoms with Gasteiger partial charge in [0.2, 0.25) is 0 Å². The maximum atomic E-state index is 15.0. The van der Waals surface area contributed by atoms with E-state index in [9.17, 15) is 31.9 Å². The van der Waals surface area contributed by atoms with Crippen molar-refractivity contribution >= 4 is 8.32 Å². The third-order valence-corrected chi connectivity index (χ3v) is 8.76. The Morgan fingerprint density at radius 1 is 1.05 bits per heavy atom. The lowest BCUT2D eigenvalue weighted by Crippen LogP contribution is -2.48. The van der Waals surface area contributed by atoms with E-state index in [0.717, 1.165) is 27.7 Å². The van der Waals surface area contributed by atoms with E-state index in [2.05, 4.69) is 5.10 Å². The fraction of sp³-hybridized carbons (Fsp3) is 0.462. The van der Waals surface area contributed by atoms with Gasteiger partial charge in [-0.2, -0.15) is 13.9 Å². The Kier molecular flexibility index (Phi) is 9.26. The number of aliphatic hydroxyl groups is 1. The molecule has 2 aromatic carbocycles. The molecule has 14 heteroatoms. The van der Waals surface area contributed by atoms with Crippen LogP contribution < -0.4 is 10.4 Å². The molecule has 2 atom stereocenters. The van der Waals surface area contributed by atoms with E-state index in [-0.39, 0.29) is 29.1 Å². The van der Waals surface area contributed by atoms with Gasteiger partial charge in [0.15, 0.2) is 14.9 Å². The molecule has 0 aliphatic carbocycles. The lowest BCUT2D eigenvalue weighted by atomic mass is 9.88. The van der Waals surface area contributed by atoms with Crippen molar-refractivity contribution in [1.29, 1.82) is 0 Å². The molecule has 0 amide bonds. The maximum absolute atomic E-state index is 15.0. The van der Waals surface area contributed by atoms with Crippen LogP contribution in [0.1, 0.15) is 32.4 Å². The highest BCUT2D eigenvalue weighted by Crippen LogP contribution is 2.41. The predicted molar refractivity (Wildman–Crippen MR) is 138 cm³/mol. The van der Waals surface area contributed by atoms with Gasteiger partial charge >= 0.3 is 18.0 Å². The third-order valence-electron chi connectivity index (χ3n) is 6.26. The Balaban J connectivity index is 1.96. The molecule has 0 fully saturated rings. The second-order valence-corrected chi connectivity index (χ2v) is 14.5. The van der Waals surface area contributed by atoms with E-state index in [1.54, 1.807) is 0 Å². The summed E-state index contributed by atoms with van der Waals surface area (Å²) in [5.41, 5.74) is -2.75. The summed E-state index contributed by atoms with van der Waals surface area (Å²) in [5, 5.41) is 16.1. The largest absolute Gasteiger partial charge is 0.487 e. The molecule has 0 saturated heterocycles. The van der Waals surface area contributed by atoms with Gasteiger partial charge in [-0.05, 0) is 64.2 Å². The van der Waals surface area contributed by atoms with Gasteiger partial charge in [0, 0.05) is 23.8 Å². The number of halogens is 6. The first-order chi connectivity index (χ1) is 18.5. The summed E-state index contributed by atoms with van der Waals surface area (Å²) in [7, 11) is -2.70. The smallest absolute Gasteiger partial charge is 0.350 e. The Labute approximate surface area is 228 Å². The van der Waals surface area contributed by atoms with E-state index in [1.165, 1.54) is 31.2 Å².